The van der Waals surface area contributed by atoms with Gasteiger partial charge in [0.25, 0.3) is 0 Å². The zero-order valence-electron chi connectivity index (χ0n) is 13.0. The van der Waals surface area contributed by atoms with Gasteiger partial charge in [0.1, 0.15) is 5.82 Å². The van der Waals surface area contributed by atoms with Crippen LogP contribution in [0.4, 0.5) is 10.1 Å². The van der Waals surface area contributed by atoms with Crippen LogP contribution in [0, 0.1) is 5.82 Å². The number of piperazine rings is 1. The van der Waals surface area contributed by atoms with Gasteiger partial charge in [-0.1, -0.05) is 6.07 Å². The standard InChI is InChI=1S/C16H26FN3/c1-16(2,3)18-12-13-5-6-15(14(17)11-13)20-9-7-19(4)8-10-20/h5-6,11,18H,7-10,12H2,1-4H3. The van der Waals surface area contributed by atoms with E-state index in [2.05, 4.69) is 42.9 Å². The summed E-state index contributed by atoms with van der Waals surface area (Å²) in [7, 11) is 2.11. The normalized spacial score (nSPS) is 17.6. The van der Waals surface area contributed by atoms with Crippen molar-refractivity contribution < 1.29 is 4.39 Å². The second-order valence-electron chi connectivity index (χ2n) is 6.68. The minimum atomic E-state index is -0.109. The predicted octanol–water partition coefficient (Wildman–Crippen LogP) is 2.47. The van der Waals surface area contributed by atoms with Crippen molar-refractivity contribution >= 4 is 5.69 Å². The number of hydrogen-bond acceptors (Lipinski definition) is 3. The molecule has 20 heavy (non-hydrogen) atoms. The smallest absolute Gasteiger partial charge is 0.146 e. The third-order valence-electron chi connectivity index (χ3n) is 3.68. The lowest BCUT2D eigenvalue weighted by Crippen LogP contribution is -2.44. The second kappa shape index (κ2) is 6.10. The highest BCUT2D eigenvalue weighted by Crippen LogP contribution is 2.22. The van der Waals surface area contributed by atoms with Crippen LogP contribution in [0.15, 0.2) is 18.2 Å². The molecule has 4 heteroatoms. The Morgan fingerprint density at radius 2 is 1.80 bits per heavy atom. The summed E-state index contributed by atoms with van der Waals surface area (Å²) in [6, 6.07) is 5.60. The first-order valence-corrected chi connectivity index (χ1v) is 7.32. The Bertz CT molecular complexity index is 446. The highest BCUT2D eigenvalue weighted by Gasteiger charge is 2.17. The number of rotatable bonds is 3. The van der Waals surface area contributed by atoms with Crippen LogP contribution >= 0.6 is 0 Å². The quantitative estimate of drug-likeness (QED) is 0.917. The molecular weight excluding hydrogens is 253 g/mol. The fourth-order valence-corrected chi connectivity index (χ4v) is 2.33. The Labute approximate surface area is 121 Å². The Hall–Kier alpha value is -1.13. The van der Waals surface area contributed by atoms with Crippen molar-refractivity contribution in [2.24, 2.45) is 0 Å². The molecule has 0 atom stereocenters. The highest BCUT2D eigenvalue weighted by molar-refractivity contribution is 5.49. The Morgan fingerprint density at radius 1 is 1.15 bits per heavy atom. The van der Waals surface area contributed by atoms with E-state index in [4.69, 9.17) is 0 Å². The van der Waals surface area contributed by atoms with Crippen molar-refractivity contribution in [3.8, 4) is 0 Å². The summed E-state index contributed by atoms with van der Waals surface area (Å²) in [6.45, 7) is 10.8. The van der Waals surface area contributed by atoms with Crippen LogP contribution < -0.4 is 10.2 Å². The van der Waals surface area contributed by atoms with Crippen molar-refractivity contribution in [2.75, 3.05) is 38.1 Å². The van der Waals surface area contributed by atoms with Crippen LogP contribution in [0.5, 0.6) is 0 Å². The van der Waals surface area contributed by atoms with E-state index in [-0.39, 0.29) is 11.4 Å². The van der Waals surface area contributed by atoms with Gasteiger partial charge in [0, 0.05) is 38.3 Å². The van der Waals surface area contributed by atoms with Gasteiger partial charge in [0.05, 0.1) is 5.69 Å². The molecule has 0 bridgehead atoms. The first-order valence-electron chi connectivity index (χ1n) is 7.32. The van der Waals surface area contributed by atoms with E-state index < -0.39 is 0 Å². The molecule has 1 aliphatic rings. The first-order chi connectivity index (χ1) is 9.35. The molecule has 0 amide bonds. The number of halogens is 1. The van der Waals surface area contributed by atoms with Crippen LogP contribution in [-0.4, -0.2) is 43.7 Å². The van der Waals surface area contributed by atoms with E-state index in [0.717, 1.165) is 37.4 Å². The molecule has 1 heterocycles. The van der Waals surface area contributed by atoms with Gasteiger partial charge in [0.2, 0.25) is 0 Å². The SMILES string of the molecule is CN1CCN(c2ccc(CNC(C)(C)C)cc2F)CC1. The number of nitrogens with one attached hydrogen (secondary N) is 1. The molecule has 0 radical (unpaired) electrons. The lowest BCUT2D eigenvalue weighted by molar-refractivity contribution is 0.311. The number of hydrogen-bond donors (Lipinski definition) is 1. The van der Waals surface area contributed by atoms with Gasteiger partial charge >= 0.3 is 0 Å². The number of nitrogens with zero attached hydrogens (tertiary/aromatic N) is 2. The molecule has 1 N–H and O–H groups in total. The van der Waals surface area contributed by atoms with Crippen LogP contribution in [0.3, 0.4) is 0 Å². The van der Waals surface area contributed by atoms with E-state index in [1.54, 1.807) is 6.07 Å². The van der Waals surface area contributed by atoms with E-state index in [1.807, 2.05) is 12.1 Å². The van der Waals surface area contributed by atoms with Gasteiger partial charge in [-0.3, -0.25) is 0 Å². The molecule has 112 valence electrons. The third-order valence-corrected chi connectivity index (χ3v) is 3.68. The summed E-state index contributed by atoms with van der Waals surface area (Å²) < 4.78 is 14.3. The molecule has 0 aliphatic carbocycles. The van der Waals surface area contributed by atoms with Gasteiger partial charge < -0.3 is 15.1 Å². The Balaban J connectivity index is 2.02. The van der Waals surface area contributed by atoms with Crippen molar-refractivity contribution in [3.63, 3.8) is 0 Å². The monoisotopic (exact) mass is 279 g/mol. The average molecular weight is 279 g/mol. The maximum absolute atomic E-state index is 14.3. The van der Waals surface area contributed by atoms with Crippen molar-refractivity contribution in [1.29, 1.82) is 0 Å². The molecule has 0 saturated carbocycles. The maximum Gasteiger partial charge on any atom is 0.146 e. The van der Waals surface area contributed by atoms with E-state index in [0.29, 0.717) is 6.54 Å². The topological polar surface area (TPSA) is 18.5 Å². The van der Waals surface area contributed by atoms with Gasteiger partial charge in [0.15, 0.2) is 0 Å². The summed E-state index contributed by atoms with van der Waals surface area (Å²) in [6.07, 6.45) is 0. The van der Waals surface area contributed by atoms with Gasteiger partial charge in [-0.05, 0) is 45.5 Å². The Kier molecular flexibility index (Phi) is 4.66. The number of likely N-dealkylation sites (N-methyl/N-ethyl adjacent to an activating group) is 1. The average Bonchev–Trinajstić information content (AvgIpc) is 2.37. The summed E-state index contributed by atoms with van der Waals surface area (Å²) in [5, 5.41) is 3.38. The van der Waals surface area contributed by atoms with E-state index in [1.165, 1.54) is 0 Å². The van der Waals surface area contributed by atoms with Crippen molar-refractivity contribution in [1.82, 2.24) is 10.2 Å². The van der Waals surface area contributed by atoms with E-state index in [9.17, 15) is 4.39 Å². The molecule has 1 saturated heterocycles. The molecule has 1 aromatic carbocycles. The molecule has 1 aromatic rings. The number of anilines is 1. The van der Waals surface area contributed by atoms with Crippen LogP contribution in [-0.2, 0) is 6.54 Å². The summed E-state index contributed by atoms with van der Waals surface area (Å²) in [5.41, 5.74) is 1.78. The largest absolute Gasteiger partial charge is 0.367 e. The molecule has 3 nitrogen and oxygen atoms in total. The number of benzene rings is 1. The van der Waals surface area contributed by atoms with Crippen LogP contribution in [0.2, 0.25) is 0 Å². The lowest BCUT2D eigenvalue weighted by Gasteiger charge is -2.34. The molecule has 0 spiro atoms. The minimum absolute atomic E-state index is 0.0482. The minimum Gasteiger partial charge on any atom is -0.367 e. The zero-order valence-corrected chi connectivity index (χ0v) is 13.0. The fraction of sp³-hybridized carbons (Fsp3) is 0.625. The molecule has 0 aromatic heterocycles. The predicted molar refractivity (Wildman–Crippen MR) is 82.7 cm³/mol. The molecule has 2 rings (SSSR count). The Morgan fingerprint density at radius 3 is 2.35 bits per heavy atom. The van der Waals surface area contributed by atoms with Crippen molar-refractivity contribution in [2.45, 2.75) is 32.9 Å². The molecule has 0 unspecified atom stereocenters. The third kappa shape index (κ3) is 4.18. The van der Waals surface area contributed by atoms with Crippen molar-refractivity contribution in [3.05, 3.63) is 29.6 Å². The van der Waals surface area contributed by atoms with Crippen LogP contribution in [0.25, 0.3) is 0 Å². The van der Waals surface area contributed by atoms with Crippen LogP contribution in [0.1, 0.15) is 26.3 Å². The van der Waals surface area contributed by atoms with Gasteiger partial charge in [-0.15, -0.1) is 0 Å². The first kappa shape index (κ1) is 15.3. The maximum atomic E-state index is 14.3. The summed E-state index contributed by atoms with van der Waals surface area (Å²) >= 11 is 0. The van der Waals surface area contributed by atoms with Gasteiger partial charge in [-0.25, -0.2) is 4.39 Å². The van der Waals surface area contributed by atoms with Gasteiger partial charge in [-0.2, -0.15) is 0 Å². The lowest BCUT2D eigenvalue weighted by atomic mass is 10.1. The summed E-state index contributed by atoms with van der Waals surface area (Å²) in [4.78, 5) is 4.41. The molecule has 1 aliphatic heterocycles. The highest BCUT2D eigenvalue weighted by atomic mass is 19.1. The second-order valence-corrected chi connectivity index (χ2v) is 6.68. The zero-order chi connectivity index (χ0) is 14.8. The van der Waals surface area contributed by atoms with E-state index >= 15 is 0 Å². The summed E-state index contributed by atoms with van der Waals surface area (Å²) in [5.74, 6) is -0.109. The molecular formula is C16H26FN3. The fourth-order valence-electron chi connectivity index (χ4n) is 2.33. The molecule has 1 fully saturated rings.